The van der Waals surface area contributed by atoms with E-state index in [1.54, 1.807) is 0 Å². The lowest BCUT2D eigenvalue weighted by Crippen LogP contribution is -2.38. The van der Waals surface area contributed by atoms with E-state index >= 15 is 0 Å². The van der Waals surface area contributed by atoms with Crippen LogP contribution in [0.4, 0.5) is 0 Å². The second-order valence-electron chi connectivity index (χ2n) is 8.64. The number of aliphatic imine (C=N–C) groups is 1. The molecule has 2 fully saturated rings. The lowest BCUT2D eigenvalue weighted by molar-refractivity contribution is 0.103. The summed E-state index contributed by atoms with van der Waals surface area (Å²) in [4.78, 5) is 11.8. The van der Waals surface area contributed by atoms with Gasteiger partial charge in [0.15, 0.2) is 3.63 Å². The highest BCUT2D eigenvalue weighted by Gasteiger charge is 2.31. The first-order valence-corrected chi connectivity index (χ1v) is 11.5. The Morgan fingerprint density at radius 1 is 1.27 bits per heavy atom. The molecule has 1 unspecified atom stereocenters. The van der Waals surface area contributed by atoms with Crippen LogP contribution in [0.5, 0.6) is 5.75 Å². The van der Waals surface area contributed by atoms with Gasteiger partial charge in [0.1, 0.15) is 38.7 Å². The number of pyridine rings is 1. The zero-order valence-electron chi connectivity index (χ0n) is 16.1. The van der Waals surface area contributed by atoms with Gasteiger partial charge in [0.05, 0.1) is 0 Å². The first-order valence-electron chi connectivity index (χ1n) is 9.53. The molecule has 0 aromatic carbocycles. The first kappa shape index (κ1) is 18.3. The van der Waals surface area contributed by atoms with Gasteiger partial charge in [-0.3, -0.25) is 4.98 Å². The molecule has 1 aromatic heterocycles. The quantitative estimate of drug-likeness (QED) is 0.619. The fourth-order valence-electron chi connectivity index (χ4n) is 3.34. The van der Waals surface area contributed by atoms with Crippen LogP contribution in [0.15, 0.2) is 17.3 Å². The smallest absolute Gasteiger partial charge is 0.205 e. The van der Waals surface area contributed by atoms with Crippen molar-refractivity contribution in [3.05, 3.63) is 23.5 Å². The minimum absolute atomic E-state index is 0.0541. The van der Waals surface area contributed by atoms with E-state index in [1.807, 2.05) is 6.20 Å². The minimum atomic E-state index is -0.573. The number of likely N-dealkylation sites (N-methyl/N-ethyl adjacent to an activating group) is 1. The van der Waals surface area contributed by atoms with Gasteiger partial charge in [0.25, 0.3) is 0 Å². The van der Waals surface area contributed by atoms with Gasteiger partial charge in [-0.05, 0) is 45.2 Å². The Bertz CT molecular complexity index is 750. The number of nitrogens with zero attached hydrogens (tertiary/aromatic N) is 3. The van der Waals surface area contributed by atoms with Gasteiger partial charge >= 0.3 is 0 Å². The topological polar surface area (TPSA) is 47.0 Å². The highest BCUT2D eigenvalue weighted by atomic mass is 127. The van der Waals surface area contributed by atoms with Gasteiger partial charge in [-0.25, -0.2) is 4.99 Å². The Morgan fingerprint density at radius 2 is 2.08 bits per heavy atom. The average molecular weight is 469 g/mol. The summed E-state index contributed by atoms with van der Waals surface area (Å²) in [6, 6.07) is 2.12. The summed E-state index contributed by atoms with van der Waals surface area (Å²) >= 11 is -0.573. The molecule has 4 rings (SSSR count). The van der Waals surface area contributed by atoms with Crippen LogP contribution in [0.1, 0.15) is 63.6 Å². The number of piperidine rings is 1. The SMILES string of the molecule is CN1CCCC(Oc2cc(C3=IOC(C(C)(C)C)=N3)ncc2C2CC2)C1. The van der Waals surface area contributed by atoms with Crippen molar-refractivity contribution in [2.24, 2.45) is 10.4 Å². The van der Waals surface area contributed by atoms with E-state index in [9.17, 15) is 0 Å². The molecule has 1 saturated carbocycles. The summed E-state index contributed by atoms with van der Waals surface area (Å²) < 4.78 is 13.4. The van der Waals surface area contributed by atoms with Crippen molar-refractivity contribution in [2.45, 2.75) is 58.5 Å². The predicted octanol–water partition coefficient (Wildman–Crippen LogP) is 4.27. The number of hydrogen-bond acceptors (Lipinski definition) is 5. The molecule has 142 valence electrons. The summed E-state index contributed by atoms with van der Waals surface area (Å²) in [5, 5.41) is 0. The van der Waals surface area contributed by atoms with Gasteiger partial charge < -0.3 is 12.7 Å². The highest BCUT2D eigenvalue weighted by molar-refractivity contribution is 14.2. The largest absolute Gasteiger partial charge is 0.489 e. The Balaban J connectivity index is 1.59. The van der Waals surface area contributed by atoms with Gasteiger partial charge in [0.2, 0.25) is 5.90 Å². The molecule has 3 aliphatic rings. The van der Waals surface area contributed by atoms with Gasteiger partial charge in [0, 0.05) is 29.8 Å². The van der Waals surface area contributed by atoms with Crippen LogP contribution in [0.3, 0.4) is 0 Å². The zero-order valence-corrected chi connectivity index (χ0v) is 18.2. The molecule has 0 bridgehead atoms. The zero-order chi connectivity index (χ0) is 18.3. The number of ether oxygens (including phenoxy) is 1. The molecule has 6 heteroatoms. The van der Waals surface area contributed by atoms with E-state index < -0.39 is 21.1 Å². The van der Waals surface area contributed by atoms with Crippen LogP contribution in [-0.4, -0.2) is 45.7 Å². The molecule has 0 N–H and O–H groups in total. The third-order valence-electron chi connectivity index (χ3n) is 5.02. The van der Waals surface area contributed by atoms with Crippen molar-refractivity contribution < 1.29 is 7.80 Å². The van der Waals surface area contributed by atoms with E-state index in [-0.39, 0.29) is 11.5 Å². The second kappa shape index (κ2) is 7.19. The fourth-order valence-corrected chi connectivity index (χ4v) is 5.35. The summed E-state index contributed by atoms with van der Waals surface area (Å²) in [6.07, 6.45) is 7.13. The summed E-state index contributed by atoms with van der Waals surface area (Å²) in [5.74, 6) is 2.49. The van der Waals surface area contributed by atoms with Crippen molar-refractivity contribution in [3.8, 4) is 5.75 Å². The van der Waals surface area contributed by atoms with Gasteiger partial charge in [-0.1, -0.05) is 20.8 Å². The predicted molar refractivity (Wildman–Crippen MR) is 113 cm³/mol. The van der Waals surface area contributed by atoms with Crippen LogP contribution >= 0.6 is 21.1 Å². The van der Waals surface area contributed by atoms with Gasteiger partial charge in [-0.15, -0.1) is 0 Å². The Labute approximate surface area is 166 Å². The van der Waals surface area contributed by atoms with E-state index in [1.165, 1.54) is 31.4 Å². The molecule has 1 saturated heterocycles. The van der Waals surface area contributed by atoms with Crippen molar-refractivity contribution in [1.29, 1.82) is 0 Å². The van der Waals surface area contributed by atoms with E-state index in [4.69, 9.17) is 17.8 Å². The average Bonchev–Trinajstić information content (AvgIpc) is 3.29. The minimum Gasteiger partial charge on any atom is -0.489 e. The van der Waals surface area contributed by atoms with Gasteiger partial charge in [-0.2, -0.15) is 0 Å². The number of aromatic nitrogens is 1. The molecule has 0 amide bonds. The Kier molecular flexibility index (Phi) is 5.07. The third kappa shape index (κ3) is 4.11. The fraction of sp³-hybridized carbons (Fsp3) is 0.650. The molecule has 0 spiro atoms. The molecule has 1 aliphatic carbocycles. The van der Waals surface area contributed by atoms with E-state index in [0.29, 0.717) is 5.92 Å². The summed E-state index contributed by atoms with van der Waals surface area (Å²) in [5.41, 5.74) is 2.15. The molecule has 26 heavy (non-hydrogen) atoms. The Morgan fingerprint density at radius 3 is 2.73 bits per heavy atom. The monoisotopic (exact) mass is 469 g/mol. The van der Waals surface area contributed by atoms with Crippen LogP contribution in [0, 0.1) is 5.41 Å². The highest BCUT2D eigenvalue weighted by Crippen LogP contribution is 2.45. The van der Waals surface area contributed by atoms with Crippen molar-refractivity contribution >= 4 is 30.7 Å². The molecular formula is C20H28IN3O2. The third-order valence-corrected chi connectivity index (χ3v) is 6.87. The number of hydrogen-bond donors (Lipinski definition) is 0. The second-order valence-corrected chi connectivity index (χ2v) is 10.5. The van der Waals surface area contributed by atoms with Crippen LogP contribution in [0.25, 0.3) is 0 Å². The molecule has 5 nitrogen and oxygen atoms in total. The Hall–Kier alpha value is -1.02. The summed E-state index contributed by atoms with van der Waals surface area (Å²) in [7, 11) is 2.17. The van der Waals surface area contributed by atoms with Crippen molar-refractivity contribution in [2.75, 3.05) is 20.1 Å². The molecule has 0 radical (unpaired) electrons. The van der Waals surface area contributed by atoms with Crippen molar-refractivity contribution in [3.63, 3.8) is 0 Å². The lowest BCUT2D eigenvalue weighted by atomic mass is 9.97. The maximum Gasteiger partial charge on any atom is 0.205 e. The molecule has 3 heterocycles. The maximum absolute atomic E-state index is 6.48. The van der Waals surface area contributed by atoms with Crippen LogP contribution < -0.4 is 4.74 Å². The number of halogens is 1. The number of rotatable bonds is 4. The van der Waals surface area contributed by atoms with Crippen LogP contribution in [0.2, 0.25) is 0 Å². The molecule has 1 aromatic rings. The van der Waals surface area contributed by atoms with E-state index in [2.05, 4.69) is 38.8 Å². The normalized spacial score (nSPS) is 24.4. The van der Waals surface area contributed by atoms with E-state index in [0.717, 1.165) is 33.9 Å². The lowest BCUT2D eigenvalue weighted by Gasteiger charge is -2.30. The molecule has 2 aliphatic heterocycles. The molecule has 1 atom stereocenters. The van der Waals surface area contributed by atoms with Crippen LogP contribution in [-0.2, 0) is 3.07 Å². The maximum atomic E-state index is 6.48. The van der Waals surface area contributed by atoms with Crippen molar-refractivity contribution in [1.82, 2.24) is 9.88 Å². The number of likely N-dealkylation sites (tertiary alicyclic amines) is 1. The summed E-state index contributed by atoms with van der Waals surface area (Å²) in [6.45, 7) is 8.57. The molecular weight excluding hydrogens is 441 g/mol. The first-order chi connectivity index (χ1) is 12.4. The standard InChI is InChI=1S/C20H28IN3O2/c1-20(2,3)19-23-18(21-26-19)16-10-17(15(11-22-16)13-7-8-13)25-14-6-5-9-24(4)12-14/h10-11,13-14H,5-9,12H2,1-4H3.